The lowest BCUT2D eigenvalue weighted by atomic mass is 9.98. The summed E-state index contributed by atoms with van der Waals surface area (Å²) in [4.78, 5) is 11.4. The Kier molecular flexibility index (Phi) is 2.20. The first-order chi connectivity index (χ1) is 10.1. The summed E-state index contributed by atoms with van der Waals surface area (Å²) >= 11 is 0. The molecule has 0 aromatic heterocycles. The maximum atomic E-state index is 11.4. The first-order valence-corrected chi connectivity index (χ1v) is 6.78. The van der Waals surface area contributed by atoms with Gasteiger partial charge in [0, 0.05) is 5.39 Å². The number of fused-ring (bicyclic) bond motifs is 3. The van der Waals surface area contributed by atoms with E-state index in [0.29, 0.717) is 5.69 Å². The summed E-state index contributed by atoms with van der Waals surface area (Å²) in [5.41, 5.74) is 12.1. The molecule has 3 aromatic carbocycles. The zero-order chi connectivity index (χ0) is 14.7. The molecule has 0 heterocycles. The fraction of sp³-hybridized carbons (Fsp3) is 0.0556. The van der Waals surface area contributed by atoms with Crippen LogP contribution in [0.3, 0.4) is 0 Å². The van der Waals surface area contributed by atoms with Gasteiger partial charge in [-0.3, -0.25) is 0 Å². The lowest BCUT2D eigenvalue weighted by Crippen LogP contribution is -2.03. The Morgan fingerprint density at radius 3 is 2.52 bits per heavy atom. The Morgan fingerprint density at radius 2 is 1.76 bits per heavy atom. The number of rotatable bonds is 1. The lowest BCUT2D eigenvalue weighted by molar-refractivity contribution is 0.0698. The highest BCUT2D eigenvalue weighted by Gasteiger charge is 2.26. The molecule has 3 N–H and O–H groups in total. The number of hydrogen-bond donors (Lipinski definition) is 2. The minimum absolute atomic E-state index is 0.170. The number of carbonyl (C=O) groups is 1. The molecule has 0 amide bonds. The van der Waals surface area contributed by atoms with Crippen molar-refractivity contribution >= 4 is 22.4 Å². The van der Waals surface area contributed by atoms with E-state index in [0.717, 1.165) is 27.5 Å². The number of nitrogens with two attached hydrogens (primary N) is 1. The van der Waals surface area contributed by atoms with Crippen LogP contribution < -0.4 is 5.73 Å². The van der Waals surface area contributed by atoms with Gasteiger partial charge in [-0.1, -0.05) is 36.4 Å². The molecule has 4 rings (SSSR count). The van der Waals surface area contributed by atoms with E-state index in [4.69, 9.17) is 5.73 Å². The molecular weight excluding hydrogens is 262 g/mol. The third-order valence-electron chi connectivity index (χ3n) is 4.27. The first-order valence-electron chi connectivity index (χ1n) is 6.78. The third kappa shape index (κ3) is 1.40. The molecule has 3 heteroatoms. The van der Waals surface area contributed by atoms with Crippen molar-refractivity contribution in [1.29, 1.82) is 0 Å². The summed E-state index contributed by atoms with van der Waals surface area (Å²) in [6, 6.07) is 13.7. The first kappa shape index (κ1) is 12.0. The highest BCUT2D eigenvalue weighted by atomic mass is 16.4. The van der Waals surface area contributed by atoms with Gasteiger partial charge in [-0.15, -0.1) is 0 Å². The average Bonchev–Trinajstić information content (AvgIpc) is 2.79. The van der Waals surface area contributed by atoms with Crippen LogP contribution in [-0.4, -0.2) is 11.1 Å². The number of aryl methyl sites for hydroxylation is 1. The van der Waals surface area contributed by atoms with Crippen LogP contribution in [0.1, 0.15) is 15.9 Å². The second-order valence-corrected chi connectivity index (χ2v) is 5.42. The van der Waals surface area contributed by atoms with Crippen LogP contribution in [-0.2, 0) is 0 Å². The van der Waals surface area contributed by atoms with Crippen molar-refractivity contribution in [3.8, 4) is 22.3 Å². The number of aromatic carboxylic acids is 1. The SMILES string of the molecule is Cc1cccc2c1-c1cccc3c(N)c(C(=O)O)cc-2c13. The molecule has 0 saturated carbocycles. The number of hydrogen-bond acceptors (Lipinski definition) is 2. The van der Waals surface area contributed by atoms with Crippen LogP contribution in [0.15, 0.2) is 42.5 Å². The van der Waals surface area contributed by atoms with Gasteiger partial charge in [0.25, 0.3) is 0 Å². The van der Waals surface area contributed by atoms with Crippen LogP contribution in [0.4, 0.5) is 5.69 Å². The van der Waals surface area contributed by atoms with E-state index in [1.54, 1.807) is 6.07 Å². The predicted octanol–water partition coefficient (Wildman–Crippen LogP) is 4.08. The predicted molar refractivity (Wildman–Crippen MR) is 84.5 cm³/mol. The maximum absolute atomic E-state index is 11.4. The monoisotopic (exact) mass is 275 g/mol. The Labute approximate surface area is 121 Å². The topological polar surface area (TPSA) is 63.3 Å². The number of anilines is 1. The van der Waals surface area contributed by atoms with E-state index in [2.05, 4.69) is 19.1 Å². The number of carboxylic acid groups (broad SMARTS) is 1. The smallest absolute Gasteiger partial charge is 0.337 e. The van der Waals surface area contributed by atoms with Crippen LogP contribution in [0.5, 0.6) is 0 Å². The van der Waals surface area contributed by atoms with E-state index >= 15 is 0 Å². The largest absolute Gasteiger partial charge is 0.478 e. The van der Waals surface area contributed by atoms with Crippen molar-refractivity contribution in [2.24, 2.45) is 0 Å². The van der Waals surface area contributed by atoms with Crippen molar-refractivity contribution in [3.63, 3.8) is 0 Å². The summed E-state index contributed by atoms with van der Waals surface area (Å²) in [7, 11) is 0. The molecule has 3 aromatic rings. The summed E-state index contributed by atoms with van der Waals surface area (Å²) < 4.78 is 0. The van der Waals surface area contributed by atoms with Crippen molar-refractivity contribution < 1.29 is 9.90 Å². The highest BCUT2D eigenvalue weighted by Crippen LogP contribution is 2.50. The Hall–Kier alpha value is -2.81. The molecule has 102 valence electrons. The molecule has 1 aliphatic rings. The Morgan fingerprint density at radius 1 is 1.05 bits per heavy atom. The van der Waals surface area contributed by atoms with Gasteiger partial charge < -0.3 is 10.8 Å². The van der Waals surface area contributed by atoms with E-state index in [1.165, 1.54) is 11.1 Å². The van der Waals surface area contributed by atoms with Gasteiger partial charge in [0.05, 0.1) is 11.3 Å². The van der Waals surface area contributed by atoms with Crippen LogP contribution >= 0.6 is 0 Å². The molecule has 0 fully saturated rings. The maximum Gasteiger partial charge on any atom is 0.337 e. The third-order valence-corrected chi connectivity index (χ3v) is 4.27. The van der Waals surface area contributed by atoms with E-state index in [9.17, 15) is 9.90 Å². The van der Waals surface area contributed by atoms with Crippen molar-refractivity contribution in [1.82, 2.24) is 0 Å². The molecule has 1 aliphatic carbocycles. The van der Waals surface area contributed by atoms with Crippen molar-refractivity contribution in [3.05, 3.63) is 53.6 Å². The Balaban J connectivity index is 2.26. The van der Waals surface area contributed by atoms with Gasteiger partial charge in [-0.2, -0.15) is 0 Å². The molecule has 0 saturated heterocycles. The summed E-state index contributed by atoms with van der Waals surface area (Å²) in [6.07, 6.45) is 0. The molecule has 0 aliphatic heterocycles. The van der Waals surface area contributed by atoms with Gasteiger partial charge in [0.1, 0.15) is 0 Å². The normalized spacial score (nSPS) is 11.7. The zero-order valence-corrected chi connectivity index (χ0v) is 11.5. The minimum atomic E-state index is -0.989. The van der Waals surface area contributed by atoms with Gasteiger partial charge in [-0.25, -0.2) is 4.79 Å². The Bertz CT molecular complexity index is 942. The summed E-state index contributed by atoms with van der Waals surface area (Å²) in [5, 5.41) is 11.3. The molecule has 0 spiro atoms. The van der Waals surface area contributed by atoms with Crippen LogP contribution in [0, 0.1) is 6.92 Å². The van der Waals surface area contributed by atoms with Crippen LogP contribution in [0.25, 0.3) is 33.0 Å². The van der Waals surface area contributed by atoms with Gasteiger partial charge in [0.15, 0.2) is 0 Å². The number of benzene rings is 3. The average molecular weight is 275 g/mol. The fourth-order valence-corrected chi connectivity index (χ4v) is 3.35. The number of nitrogen functional groups attached to an aromatic ring is 1. The molecular formula is C18H13NO2. The van der Waals surface area contributed by atoms with Gasteiger partial charge >= 0.3 is 5.97 Å². The summed E-state index contributed by atoms with van der Waals surface area (Å²) in [6.45, 7) is 2.07. The summed E-state index contributed by atoms with van der Waals surface area (Å²) in [5.74, 6) is -0.989. The second kappa shape index (κ2) is 3.85. The van der Waals surface area contributed by atoms with Crippen molar-refractivity contribution in [2.45, 2.75) is 6.92 Å². The fourth-order valence-electron chi connectivity index (χ4n) is 3.35. The van der Waals surface area contributed by atoms with E-state index < -0.39 is 5.97 Å². The van der Waals surface area contributed by atoms with Gasteiger partial charge in [-0.05, 0) is 46.2 Å². The molecule has 0 unspecified atom stereocenters. The standard InChI is InChI=1S/C18H13NO2/c1-9-4-2-5-10-13-8-14(18(20)21)17(19)12-7-3-6-11(15(9)10)16(12)13/h2-8H,19H2,1H3,(H,20,21). The van der Waals surface area contributed by atoms with Gasteiger partial charge in [0.2, 0.25) is 0 Å². The molecule has 3 nitrogen and oxygen atoms in total. The van der Waals surface area contributed by atoms with Crippen molar-refractivity contribution in [2.75, 3.05) is 5.73 Å². The quantitative estimate of drug-likeness (QED) is 0.514. The van der Waals surface area contributed by atoms with Crippen LogP contribution in [0.2, 0.25) is 0 Å². The number of carboxylic acids is 1. The molecule has 0 bridgehead atoms. The molecule has 0 radical (unpaired) electrons. The second-order valence-electron chi connectivity index (χ2n) is 5.42. The zero-order valence-electron chi connectivity index (χ0n) is 11.5. The van der Waals surface area contributed by atoms with E-state index in [-0.39, 0.29) is 5.56 Å². The van der Waals surface area contributed by atoms with E-state index in [1.807, 2.05) is 24.3 Å². The molecule has 0 atom stereocenters. The minimum Gasteiger partial charge on any atom is -0.478 e. The lowest BCUT2D eigenvalue weighted by Gasteiger charge is -2.09. The highest BCUT2D eigenvalue weighted by molar-refractivity contribution is 6.21. The molecule has 21 heavy (non-hydrogen) atoms.